The van der Waals surface area contributed by atoms with Crippen LogP contribution in [0.1, 0.15) is 34.0 Å². The number of halogens is 1. The average molecular weight is 323 g/mol. The molecule has 0 fully saturated rings. The smallest absolute Gasteiger partial charge is 0.292 e. The highest BCUT2D eigenvalue weighted by Gasteiger charge is 2.27. The van der Waals surface area contributed by atoms with E-state index in [2.05, 4.69) is 5.32 Å². The molecule has 1 unspecified atom stereocenters. The maximum absolute atomic E-state index is 11.3. The number of anilines is 1. The highest BCUT2D eigenvalue weighted by Crippen LogP contribution is 2.42. The first-order valence-corrected chi connectivity index (χ1v) is 7.95. The van der Waals surface area contributed by atoms with Crippen molar-refractivity contribution in [1.82, 2.24) is 0 Å². The Bertz CT molecular complexity index is 727. The number of benzene rings is 1. The first kappa shape index (κ1) is 14.4. The molecule has 1 N–H and O–H groups in total. The average Bonchev–Trinajstić information content (AvgIpc) is 2.94. The number of nitrogens with zero attached hydrogens (tertiary/aromatic N) is 1. The highest BCUT2D eigenvalue weighted by molar-refractivity contribution is 7.16. The zero-order chi connectivity index (χ0) is 15.1. The molecule has 0 aliphatic heterocycles. The van der Waals surface area contributed by atoms with E-state index in [4.69, 9.17) is 11.6 Å². The van der Waals surface area contributed by atoms with Crippen molar-refractivity contribution in [2.45, 2.75) is 32.7 Å². The van der Waals surface area contributed by atoms with Gasteiger partial charge in [0.25, 0.3) is 5.69 Å². The van der Waals surface area contributed by atoms with Gasteiger partial charge >= 0.3 is 0 Å². The Kier molecular flexibility index (Phi) is 3.63. The van der Waals surface area contributed by atoms with E-state index < -0.39 is 0 Å². The zero-order valence-corrected chi connectivity index (χ0v) is 13.3. The lowest BCUT2D eigenvalue weighted by Gasteiger charge is -2.16. The molecule has 0 saturated carbocycles. The molecule has 21 heavy (non-hydrogen) atoms. The number of aryl methyl sites for hydroxylation is 3. The molecule has 0 spiro atoms. The zero-order valence-electron chi connectivity index (χ0n) is 11.8. The van der Waals surface area contributed by atoms with Crippen LogP contribution in [0.15, 0.2) is 18.2 Å². The molecule has 3 rings (SSSR count). The maximum Gasteiger partial charge on any atom is 0.292 e. The predicted molar refractivity (Wildman–Crippen MR) is 86.6 cm³/mol. The summed E-state index contributed by atoms with van der Waals surface area (Å²) in [6, 6.07) is 5.57. The summed E-state index contributed by atoms with van der Waals surface area (Å²) < 4.78 is 0.779. The Balaban J connectivity index is 1.95. The third kappa shape index (κ3) is 2.63. The van der Waals surface area contributed by atoms with Gasteiger partial charge in [-0.1, -0.05) is 11.6 Å². The van der Waals surface area contributed by atoms with E-state index in [-0.39, 0.29) is 16.7 Å². The van der Waals surface area contributed by atoms with Crippen LogP contribution in [0.25, 0.3) is 0 Å². The van der Waals surface area contributed by atoms with Crippen LogP contribution in [0.4, 0.5) is 11.4 Å². The molecule has 0 radical (unpaired) electrons. The van der Waals surface area contributed by atoms with Gasteiger partial charge in [-0.2, -0.15) is 0 Å². The SMILES string of the molecule is Cc1cc(NC2CCc3sc(Cl)cc32)c([N+](=O)[O-])cc1C. The van der Waals surface area contributed by atoms with Gasteiger partial charge in [-0.05, 0) is 55.5 Å². The number of nitrogens with one attached hydrogen (secondary N) is 1. The third-order valence-corrected chi connectivity index (χ3v) is 5.33. The predicted octanol–water partition coefficient (Wildman–Crippen LogP) is 5.03. The number of rotatable bonds is 3. The van der Waals surface area contributed by atoms with Crippen LogP contribution in [-0.2, 0) is 6.42 Å². The van der Waals surface area contributed by atoms with Gasteiger partial charge in [-0.15, -0.1) is 11.3 Å². The molecule has 6 heteroatoms. The van der Waals surface area contributed by atoms with Crippen LogP contribution in [0.3, 0.4) is 0 Å². The van der Waals surface area contributed by atoms with Gasteiger partial charge in [0.15, 0.2) is 0 Å². The summed E-state index contributed by atoms with van der Waals surface area (Å²) in [6.07, 6.45) is 1.92. The van der Waals surface area contributed by atoms with Crippen molar-refractivity contribution in [2.75, 3.05) is 5.32 Å². The van der Waals surface area contributed by atoms with Crippen molar-refractivity contribution in [2.24, 2.45) is 0 Å². The molecule has 4 nitrogen and oxygen atoms in total. The molecule has 1 aliphatic rings. The van der Waals surface area contributed by atoms with Crippen molar-refractivity contribution in [3.63, 3.8) is 0 Å². The van der Waals surface area contributed by atoms with Crippen LogP contribution in [0.5, 0.6) is 0 Å². The molecule has 0 amide bonds. The lowest BCUT2D eigenvalue weighted by atomic mass is 10.1. The van der Waals surface area contributed by atoms with Gasteiger partial charge in [0.1, 0.15) is 5.69 Å². The number of nitro groups is 1. The Hall–Kier alpha value is -1.59. The minimum Gasteiger partial charge on any atom is -0.373 e. The summed E-state index contributed by atoms with van der Waals surface area (Å²) in [5.74, 6) is 0. The molecule has 0 bridgehead atoms. The fraction of sp³-hybridized carbons (Fsp3) is 0.333. The minimum absolute atomic E-state index is 0.101. The van der Waals surface area contributed by atoms with Crippen molar-refractivity contribution in [3.8, 4) is 0 Å². The molecule has 1 heterocycles. The third-order valence-electron chi connectivity index (χ3n) is 3.99. The van der Waals surface area contributed by atoms with Gasteiger partial charge in [-0.25, -0.2) is 0 Å². The quantitative estimate of drug-likeness (QED) is 0.637. The first-order valence-electron chi connectivity index (χ1n) is 6.76. The summed E-state index contributed by atoms with van der Waals surface area (Å²) in [4.78, 5) is 12.2. The molecule has 110 valence electrons. The fourth-order valence-corrected chi connectivity index (χ4v) is 4.09. The van der Waals surface area contributed by atoms with Crippen LogP contribution in [-0.4, -0.2) is 4.92 Å². The van der Waals surface area contributed by atoms with Crippen LogP contribution >= 0.6 is 22.9 Å². The lowest BCUT2D eigenvalue weighted by molar-refractivity contribution is -0.384. The molecule has 1 aromatic carbocycles. The van der Waals surface area contributed by atoms with E-state index in [1.807, 2.05) is 26.0 Å². The van der Waals surface area contributed by atoms with Gasteiger partial charge in [-0.3, -0.25) is 10.1 Å². The second-order valence-corrected chi connectivity index (χ2v) is 7.14. The van der Waals surface area contributed by atoms with Gasteiger partial charge in [0.05, 0.1) is 15.3 Å². The van der Waals surface area contributed by atoms with Gasteiger partial charge < -0.3 is 5.32 Å². The Morgan fingerprint density at radius 3 is 2.76 bits per heavy atom. The van der Waals surface area contributed by atoms with E-state index in [0.717, 1.165) is 28.3 Å². The second kappa shape index (κ2) is 5.31. The molecule has 1 atom stereocenters. The van der Waals surface area contributed by atoms with Crippen molar-refractivity contribution < 1.29 is 4.92 Å². The Morgan fingerprint density at radius 1 is 1.33 bits per heavy atom. The molecular formula is C15H15ClN2O2S. The Labute approximate surface area is 131 Å². The lowest BCUT2D eigenvalue weighted by Crippen LogP contribution is -2.09. The number of fused-ring (bicyclic) bond motifs is 1. The Morgan fingerprint density at radius 2 is 2.05 bits per heavy atom. The van der Waals surface area contributed by atoms with Gasteiger partial charge in [0, 0.05) is 10.9 Å². The number of nitro benzene ring substituents is 1. The molecule has 1 aliphatic carbocycles. The van der Waals surface area contributed by atoms with Crippen molar-refractivity contribution in [1.29, 1.82) is 0 Å². The number of hydrogen-bond donors (Lipinski definition) is 1. The molecular weight excluding hydrogens is 308 g/mol. The largest absolute Gasteiger partial charge is 0.373 e. The summed E-state index contributed by atoms with van der Waals surface area (Å²) in [6.45, 7) is 3.85. The maximum atomic E-state index is 11.3. The normalized spacial score (nSPS) is 16.8. The second-order valence-electron chi connectivity index (χ2n) is 5.38. The van der Waals surface area contributed by atoms with Crippen LogP contribution < -0.4 is 5.32 Å². The van der Waals surface area contributed by atoms with E-state index >= 15 is 0 Å². The van der Waals surface area contributed by atoms with Gasteiger partial charge in [0.2, 0.25) is 0 Å². The van der Waals surface area contributed by atoms with E-state index in [0.29, 0.717) is 5.69 Å². The van der Waals surface area contributed by atoms with Crippen LogP contribution in [0, 0.1) is 24.0 Å². The van der Waals surface area contributed by atoms with E-state index in [9.17, 15) is 10.1 Å². The number of hydrogen-bond acceptors (Lipinski definition) is 4. The summed E-state index contributed by atoms with van der Waals surface area (Å²) in [5.41, 5.74) is 3.87. The monoisotopic (exact) mass is 322 g/mol. The summed E-state index contributed by atoms with van der Waals surface area (Å²) >= 11 is 7.66. The highest BCUT2D eigenvalue weighted by atomic mass is 35.5. The molecule has 2 aromatic rings. The summed E-state index contributed by atoms with van der Waals surface area (Å²) in [5, 5.41) is 14.6. The van der Waals surface area contributed by atoms with Crippen LogP contribution in [0.2, 0.25) is 4.34 Å². The minimum atomic E-state index is -0.328. The fourth-order valence-electron chi connectivity index (χ4n) is 2.74. The van der Waals surface area contributed by atoms with E-state index in [1.54, 1.807) is 17.4 Å². The van der Waals surface area contributed by atoms with Crippen molar-refractivity contribution >= 4 is 34.3 Å². The topological polar surface area (TPSA) is 55.2 Å². The molecule has 1 aromatic heterocycles. The summed E-state index contributed by atoms with van der Waals surface area (Å²) in [7, 11) is 0. The molecule has 0 saturated heterocycles. The van der Waals surface area contributed by atoms with Crippen molar-refractivity contribution in [3.05, 3.63) is 54.2 Å². The first-order chi connectivity index (χ1) is 9.95. The number of thiophene rings is 1. The van der Waals surface area contributed by atoms with E-state index in [1.165, 1.54) is 10.4 Å². The standard InChI is InChI=1S/C15H15ClN2O2S/c1-8-5-12(13(18(19)20)6-9(8)2)17-11-3-4-14-10(11)7-15(16)21-14/h5-7,11,17H,3-4H2,1-2H3.